The quantitative estimate of drug-likeness (QED) is 0.712. The molecule has 0 saturated carbocycles. The molecule has 0 aliphatic heterocycles. The summed E-state index contributed by atoms with van der Waals surface area (Å²) in [6.07, 6.45) is 1.61. The smallest absolute Gasteiger partial charge is 0.292 e. The molecule has 0 bridgehead atoms. The van der Waals surface area contributed by atoms with Crippen LogP contribution in [0, 0.1) is 18.3 Å². The first-order valence-corrected chi connectivity index (χ1v) is 8.12. The Bertz CT molecular complexity index is 971. The van der Waals surface area contributed by atoms with Gasteiger partial charge < -0.3 is 14.5 Å². The molecule has 1 aromatic carbocycles. The minimum absolute atomic E-state index is 0.113. The number of hydrogen-bond donors (Lipinski definition) is 1. The van der Waals surface area contributed by atoms with Crippen LogP contribution in [-0.4, -0.2) is 15.7 Å². The second-order valence-corrected chi connectivity index (χ2v) is 5.88. The van der Waals surface area contributed by atoms with Crippen molar-refractivity contribution < 1.29 is 13.9 Å². The first-order chi connectivity index (χ1) is 12.5. The third-order valence-corrected chi connectivity index (χ3v) is 3.93. The standard InChI is InChI=1S/C18H15ClN4O3/c1-12-10-13(2-4-15(12)19)25-11-14-3-5-16(26-14)18(24)21-17-6-8-23(22-17)9-7-20/h2-6,8,10H,9,11H2,1H3,(H,21,22,24). The zero-order valence-corrected chi connectivity index (χ0v) is 14.7. The summed E-state index contributed by atoms with van der Waals surface area (Å²) in [6, 6.07) is 12.2. The summed E-state index contributed by atoms with van der Waals surface area (Å²) >= 11 is 5.98. The lowest BCUT2D eigenvalue weighted by Gasteiger charge is -2.06. The number of nitriles is 1. The van der Waals surface area contributed by atoms with Gasteiger partial charge in [0, 0.05) is 17.3 Å². The number of amides is 1. The van der Waals surface area contributed by atoms with Crippen LogP contribution in [0.4, 0.5) is 5.82 Å². The minimum atomic E-state index is -0.430. The summed E-state index contributed by atoms with van der Waals surface area (Å²) < 4.78 is 12.6. The number of aromatic nitrogens is 2. The van der Waals surface area contributed by atoms with Crippen LogP contribution >= 0.6 is 11.6 Å². The molecule has 0 saturated heterocycles. The summed E-state index contributed by atoms with van der Waals surface area (Å²) in [5.74, 6) is 1.23. The minimum Gasteiger partial charge on any atom is -0.486 e. The lowest BCUT2D eigenvalue weighted by atomic mass is 10.2. The van der Waals surface area contributed by atoms with E-state index in [-0.39, 0.29) is 18.9 Å². The number of carbonyl (C=O) groups excluding carboxylic acids is 1. The van der Waals surface area contributed by atoms with E-state index in [0.717, 1.165) is 5.56 Å². The predicted molar refractivity (Wildman–Crippen MR) is 95.0 cm³/mol. The molecule has 3 rings (SSSR count). The molecule has 26 heavy (non-hydrogen) atoms. The van der Waals surface area contributed by atoms with Crippen molar-refractivity contribution in [2.75, 3.05) is 5.32 Å². The number of halogens is 1. The van der Waals surface area contributed by atoms with Crippen molar-refractivity contribution in [1.29, 1.82) is 5.26 Å². The van der Waals surface area contributed by atoms with Crippen molar-refractivity contribution >= 4 is 23.3 Å². The molecule has 7 nitrogen and oxygen atoms in total. The number of nitrogens with one attached hydrogen (secondary N) is 1. The van der Waals surface area contributed by atoms with Crippen molar-refractivity contribution in [3.05, 3.63) is 64.7 Å². The third-order valence-electron chi connectivity index (χ3n) is 3.51. The van der Waals surface area contributed by atoms with Crippen LogP contribution in [-0.2, 0) is 13.2 Å². The molecule has 0 atom stereocenters. The number of anilines is 1. The highest BCUT2D eigenvalue weighted by atomic mass is 35.5. The number of benzene rings is 1. The maximum Gasteiger partial charge on any atom is 0.292 e. The van der Waals surface area contributed by atoms with E-state index in [0.29, 0.717) is 22.4 Å². The number of rotatable bonds is 6. The highest BCUT2D eigenvalue weighted by molar-refractivity contribution is 6.31. The average Bonchev–Trinajstić information content (AvgIpc) is 3.26. The predicted octanol–water partition coefficient (Wildman–Crippen LogP) is 3.79. The Kier molecular flexibility index (Phi) is 5.25. The molecule has 1 amide bonds. The molecule has 0 fully saturated rings. The van der Waals surface area contributed by atoms with E-state index < -0.39 is 5.91 Å². The Morgan fingerprint density at radius 1 is 1.38 bits per heavy atom. The molecule has 0 unspecified atom stereocenters. The highest BCUT2D eigenvalue weighted by Crippen LogP contribution is 2.22. The molecule has 8 heteroatoms. The zero-order valence-electron chi connectivity index (χ0n) is 13.9. The van der Waals surface area contributed by atoms with Crippen LogP contribution < -0.4 is 10.1 Å². The molecular formula is C18H15ClN4O3. The Hall–Kier alpha value is -3.24. The molecule has 3 aromatic rings. The molecule has 0 aliphatic carbocycles. The van der Waals surface area contributed by atoms with Gasteiger partial charge in [-0.3, -0.25) is 9.48 Å². The lowest BCUT2D eigenvalue weighted by molar-refractivity contribution is 0.0992. The third kappa shape index (κ3) is 4.23. The number of furan rings is 1. The van der Waals surface area contributed by atoms with Gasteiger partial charge in [-0.1, -0.05) is 11.6 Å². The summed E-state index contributed by atoms with van der Waals surface area (Å²) in [7, 11) is 0. The zero-order chi connectivity index (χ0) is 18.5. The Morgan fingerprint density at radius 2 is 2.23 bits per heavy atom. The first-order valence-electron chi connectivity index (χ1n) is 7.74. The number of carbonyl (C=O) groups is 1. The van der Waals surface area contributed by atoms with E-state index in [2.05, 4.69) is 10.4 Å². The normalized spacial score (nSPS) is 10.3. The maximum atomic E-state index is 12.2. The van der Waals surface area contributed by atoms with Crippen LogP contribution in [0.3, 0.4) is 0 Å². The second kappa shape index (κ2) is 7.76. The van der Waals surface area contributed by atoms with Crippen LogP contribution in [0.5, 0.6) is 5.75 Å². The van der Waals surface area contributed by atoms with Gasteiger partial charge in [0.2, 0.25) is 0 Å². The number of hydrogen-bond acceptors (Lipinski definition) is 5. The Morgan fingerprint density at radius 3 is 3.00 bits per heavy atom. The lowest BCUT2D eigenvalue weighted by Crippen LogP contribution is -2.11. The van der Waals surface area contributed by atoms with Gasteiger partial charge in [-0.15, -0.1) is 0 Å². The summed E-state index contributed by atoms with van der Waals surface area (Å²) in [4.78, 5) is 12.2. The van der Waals surface area contributed by atoms with Crippen molar-refractivity contribution in [3.63, 3.8) is 0 Å². The van der Waals surface area contributed by atoms with Gasteiger partial charge in [0.15, 0.2) is 11.6 Å². The van der Waals surface area contributed by atoms with Crippen LogP contribution in [0.15, 0.2) is 47.0 Å². The number of nitrogens with zero attached hydrogens (tertiary/aromatic N) is 3. The Labute approximate surface area is 154 Å². The van der Waals surface area contributed by atoms with Crippen molar-refractivity contribution in [3.8, 4) is 11.8 Å². The van der Waals surface area contributed by atoms with Gasteiger partial charge >= 0.3 is 0 Å². The first kappa shape index (κ1) is 17.6. The van der Waals surface area contributed by atoms with E-state index >= 15 is 0 Å². The molecule has 0 aliphatic rings. The van der Waals surface area contributed by atoms with Crippen molar-refractivity contribution in [2.24, 2.45) is 0 Å². The maximum absolute atomic E-state index is 12.2. The SMILES string of the molecule is Cc1cc(OCc2ccc(C(=O)Nc3ccn(CC#N)n3)o2)ccc1Cl. The van der Waals surface area contributed by atoms with E-state index in [1.54, 1.807) is 36.5 Å². The van der Waals surface area contributed by atoms with Crippen LogP contribution in [0.25, 0.3) is 0 Å². The van der Waals surface area contributed by atoms with Gasteiger partial charge in [0.05, 0.1) is 6.07 Å². The molecule has 1 N–H and O–H groups in total. The summed E-state index contributed by atoms with van der Waals surface area (Å²) in [6.45, 7) is 2.19. The number of aryl methyl sites for hydroxylation is 1. The molecular weight excluding hydrogens is 356 g/mol. The van der Waals surface area contributed by atoms with Gasteiger partial charge in [-0.25, -0.2) is 0 Å². The summed E-state index contributed by atoms with van der Waals surface area (Å²) in [5.41, 5.74) is 0.916. The van der Waals surface area contributed by atoms with Gasteiger partial charge in [-0.05, 0) is 42.8 Å². The van der Waals surface area contributed by atoms with E-state index in [1.807, 2.05) is 19.1 Å². The van der Waals surface area contributed by atoms with Gasteiger partial charge in [0.1, 0.15) is 24.7 Å². The number of ether oxygens (including phenoxy) is 1. The van der Waals surface area contributed by atoms with Crippen molar-refractivity contribution in [2.45, 2.75) is 20.1 Å². The molecule has 0 radical (unpaired) electrons. The molecule has 0 spiro atoms. The van der Waals surface area contributed by atoms with Gasteiger partial charge in [0.25, 0.3) is 5.91 Å². The molecule has 132 valence electrons. The fourth-order valence-electron chi connectivity index (χ4n) is 2.21. The van der Waals surface area contributed by atoms with Crippen LogP contribution in [0.2, 0.25) is 5.02 Å². The second-order valence-electron chi connectivity index (χ2n) is 5.48. The largest absolute Gasteiger partial charge is 0.486 e. The van der Waals surface area contributed by atoms with Gasteiger partial charge in [-0.2, -0.15) is 10.4 Å². The van der Waals surface area contributed by atoms with Crippen molar-refractivity contribution in [1.82, 2.24) is 9.78 Å². The molecule has 2 heterocycles. The van der Waals surface area contributed by atoms with E-state index in [1.165, 1.54) is 4.68 Å². The van der Waals surface area contributed by atoms with E-state index in [4.69, 9.17) is 26.0 Å². The van der Waals surface area contributed by atoms with E-state index in [9.17, 15) is 4.79 Å². The summed E-state index contributed by atoms with van der Waals surface area (Å²) in [5, 5.41) is 16.0. The monoisotopic (exact) mass is 370 g/mol. The fourth-order valence-corrected chi connectivity index (χ4v) is 2.32. The molecule has 2 aromatic heterocycles. The highest BCUT2D eigenvalue weighted by Gasteiger charge is 2.13. The van der Waals surface area contributed by atoms with Crippen LogP contribution in [0.1, 0.15) is 21.9 Å². The Balaban J connectivity index is 1.58. The fraction of sp³-hybridized carbons (Fsp3) is 0.167. The average molecular weight is 371 g/mol. The topological polar surface area (TPSA) is 93.1 Å².